The molecule has 2 amide bonds. The molecule has 1 aliphatic rings. The quantitative estimate of drug-likeness (QED) is 0.735. The van der Waals surface area contributed by atoms with E-state index in [4.69, 9.17) is 4.84 Å². The molecule has 124 valence electrons. The van der Waals surface area contributed by atoms with Crippen LogP contribution in [0.5, 0.6) is 0 Å². The molecule has 4 rings (SSSR count). The Morgan fingerprint density at radius 1 is 1.08 bits per heavy atom. The van der Waals surface area contributed by atoms with Crippen LogP contribution < -0.4 is 0 Å². The number of hydroxylamine groups is 2. The van der Waals surface area contributed by atoms with Gasteiger partial charge in [-0.05, 0) is 24.3 Å². The maximum atomic E-state index is 12.3. The average Bonchev–Trinajstić information content (AvgIpc) is 3.31. The van der Waals surface area contributed by atoms with Crippen LogP contribution in [0.3, 0.4) is 0 Å². The van der Waals surface area contributed by atoms with Crippen molar-refractivity contribution in [2.75, 3.05) is 0 Å². The van der Waals surface area contributed by atoms with Gasteiger partial charge in [0, 0.05) is 19.3 Å². The van der Waals surface area contributed by atoms with Crippen molar-refractivity contribution in [3.05, 3.63) is 65.5 Å². The van der Waals surface area contributed by atoms with Gasteiger partial charge in [0.2, 0.25) is 0 Å². The van der Waals surface area contributed by atoms with E-state index in [0.29, 0.717) is 10.8 Å². The predicted octanol–water partition coefficient (Wildman–Crippen LogP) is 1.78. The molecule has 0 saturated carbocycles. The standard InChI is InChI=1S/C17H12N4O4/c1-20-8-4-7-14(20)12-9-13(19-18-12)17(24)25-21-15(22)10-5-2-3-6-11(10)16(21)23/h2-9H,1H3,(H,18,19). The first kappa shape index (κ1) is 14.9. The lowest BCUT2D eigenvalue weighted by molar-refractivity contribution is -0.0588. The first-order valence-electron chi connectivity index (χ1n) is 7.43. The zero-order valence-corrected chi connectivity index (χ0v) is 13.1. The number of aromatic nitrogens is 3. The van der Waals surface area contributed by atoms with Crippen LogP contribution in [0, 0.1) is 0 Å². The molecule has 1 N–H and O–H groups in total. The van der Waals surface area contributed by atoms with Crippen LogP contribution in [-0.2, 0) is 11.9 Å². The Kier molecular flexibility index (Phi) is 3.24. The number of fused-ring (bicyclic) bond motifs is 1. The third-order valence-corrected chi connectivity index (χ3v) is 3.93. The maximum absolute atomic E-state index is 12.3. The summed E-state index contributed by atoms with van der Waals surface area (Å²) in [6.45, 7) is 0. The smallest absolute Gasteiger partial charge is 0.349 e. The molecule has 8 heteroatoms. The van der Waals surface area contributed by atoms with Crippen LogP contribution in [0.25, 0.3) is 11.4 Å². The van der Waals surface area contributed by atoms with Gasteiger partial charge in [-0.15, -0.1) is 0 Å². The van der Waals surface area contributed by atoms with E-state index in [9.17, 15) is 14.4 Å². The van der Waals surface area contributed by atoms with Crippen molar-refractivity contribution < 1.29 is 19.2 Å². The molecule has 0 unspecified atom stereocenters. The summed E-state index contributed by atoms with van der Waals surface area (Å²) < 4.78 is 1.84. The van der Waals surface area contributed by atoms with Gasteiger partial charge in [0.25, 0.3) is 11.8 Å². The number of hydrogen-bond donors (Lipinski definition) is 1. The van der Waals surface area contributed by atoms with Crippen LogP contribution in [0.1, 0.15) is 31.2 Å². The number of carbonyl (C=O) groups excluding carboxylic acids is 3. The fraction of sp³-hybridized carbons (Fsp3) is 0.0588. The normalized spacial score (nSPS) is 13.2. The number of aromatic amines is 1. The Labute approximate surface area is 141 Å². The number of amides is 2. The summed E-state index contributed by atoms with van der Waals surface area (Å²) in [5, 5.41) is 7.08. The van der Waals surface area contributed by atoms with E-state index >= 15 is 0 Å². The molecule has 0 radical (unpaired) electrons. The van der Waals surface area contributed by atoms with Gasteiger partial charge in [0.1, 0.15) is 11.4 Å². The van der Waals surface area contributed by atoms with Crippen LogP contribution in [0.4, 0.5) is 0 Å². The zero-order valence-electron chi connectivity index (χ0n) is 13.1. The molecule has 3 heterocycles. The van der Waals surface area contributed by atoms with Crippen molar-refractivity contribution in [2.24, 2.45) is 7.05 Å². The molecule has 3 aromatic rings. The van der Waals surface area contributed by atoms with E-state index in [1.54, 1.807) is 12.1 Å². The van der Waals surface area contributed by atoms with E-state index < -0.39 is 17.8 Å². The van der Waals surface area contributed by atoms with Gasteiger partial charge in [-0.1, -0.05) is 17.2 Å². The van der Waals surface area contributed by atoms with Crippen LogP contribution in [0.2, 0.25) is 0 Å². The highest BCUT2D eigenvalue weighted by atomic mass is 16.7. The first-order valence-corrected chi connectivity index (χ1v) is 7.43. The van der Waals surface area contributed by atoms with E-state index in [-0.39, 0.29) is 16.8 Å². The van der Waals surface area contributed by atoms with Gasteiger partial charge in [-0.3, -0.25) is 14.7 Å². The molecule has 0 bridgehead atoms. The van der Waals surface area contributed by atoms with Gasteiger partial charge in [-0.2, -0.15) is 5.10 Å². The van der Waals surface area contributed by atoms with Crippen LogP contribution in [0.15, 0.2) is 48.7 Å². The Hall–Kier alpha value is -3.68. The highest BCUT2D eigenvalue weighted by Crippen LogP contribution is 2.24. The number of nitrogens with one attached hydrogen (secondary N) is 1. The molecule has 2 aromatic heterocycles. The number of carbonyl (C=O) groups is 3. The van der Waals surface area contributed by atoms with Gasteiger partial charge in [-0.25, -0.2) is 4.79 Å². The van der Waals surface area contributed by atoms with Crippen LogP contribution in [-0.4, -0.2) is 37.6 Å². The number of nitrogens with zero attached hydrogens (tertiary/aromatic N) is 3. The zero-order chi connectivity index (χ0) is 17.6. The van der Waals surface area contributed by atoms with Gasteiger partial charge >= 0.3 is 5.97 Å². The van der Waals surface area contributed by atoms with E-state index in [2.05, 4.69) is 10.2 Å². The summed E-state index contributed by atoms with van der Waals surface area (Å²) in [7, 11) is 1.85. The SMILES string of the molecule is Cn1cccc1-c1cc(C(=O)ON2C(=O)c3ccccc3C2=O)[nH]n1. The molecule has 0 spiro atoms. The van der Waals surface area contributed by atoms with Crippen molar-refractivity contribution in [2.45, 2.75) is 0 Å². The molecule has 0 saturated heterocycles. The Balaban J connectivity index is 1.56. The topological polar surface area (TPSA) is 97.3 Å². The summed E-state index contributed by atoms with van der Waals surface area (Å²) in [6, 6.07) is 11.5. The average molecular weight is 336 g/mol. The highest BCUT2D eigenvalue weighted by Gasteiger charge is 2.39. The Bertz CT molecular complexity index is 982. The lowest BCUT2D eigenvalue weighted by atomic mass is 10.1. The summed E-state index contributed by atoms with van der Waals surface area (Å²) in [4.78, 5) is 41.7. The number of imide groups is 1. The Morgan fingerprint density at radius 3 is 2.36 bits per heavy atom. The van der Waals surface area contributed by atoms with Gasteiger partial charge in [0.15, 0.2) is 0 Å². The van der Waals surface area contributed by atoms with E-state index in [1.165, 1.54) is 18.2 Å². The Morgan fingerprint density at radius 2 is 1.76 bits per heavy atom. The van der Waals surface area contributed by atoms with Crippen molar-refractivity contribution >= 4 is 17.8 Å². The minimum Gasteiger partial charge on any atom is -0.349 e. The molecule has 0 atom stereocenters. The van der Waals surface area contributed by atoms with Crippen molar-refractivity contribution in [1.29, 1.82) is 0 Å². The fourth-order valence-corrected chi connectivity index (χ4v) is 2.67. The van der Waals surface area contributed by atoms with Gasteiger partial charge in [0.05, 0.1) is 16.8 Å². The predicted molar refractivity (Wildman–Crippen MR) is 85.4 cm³/mol. The molecular weight excluding hydrogens is 324 g/mol. The summed E-state index contributed by atoms with van der Waals surface area (Å²) >= 11 is 0. The second kappa shape index (κ2) is 5.45. The summed E-state index contributed by atoms with van der Waals surface area (Å²) in [5.74, 6) is -2.21. The molecular formula is C17H12N4O4. The lowest BCUT2D eigenvalue weighted by Gasteiger charge is -2.11. The van der Waals surface area contributed by atoms with Crippen LogP contribution >= 0.6 is 0 Å². The van der Waals surface area contributed by atoms with Crippen molar-refractivity contribution in [3.8, 4) is 11.4 Å². The van der Waals surface area contributed by atoms with E-state index in [1.807, 2.05) is 29.9 Å². The molecule has 1 aliphatic heterocycles. The lowest BCUT2D eigenvalue weighted by Crippen LogP contribution is -2.32. The second-order valence-corrected chi connectivity index (χ2v) is 5.50. The third kappa shape index (κ3) is 2.31. The first-order chi connectivity index (χ1) is 12.1. The minimum atomic E-state index is -0.873. The molecule has 1 aromatic carbocycles. The van der Waals surface area contributed by atoms with E-state index in [0.717, 1.165) is 5.69 Å². The maximum Gasteiger partial charge on any atom is 0.381 e. The summed E-state index contributed by atoms with van der Waals surface area (Å²) in [5.41, 5.74) is 1.79. The van der Waals surface area contributed by atoms with Gasteiger partial charge < -0.3 is 9.40 Å². The van der Waals surface area contributed by atoms with Crippen molar-refractivity contribution in [1.82, 2.24) is 19.8 Å². The molecule has 0 aliphatic carbocycles. The number of rotatable bonds is 3. The number of benzene rings is 1. The molecule has 8 nitrogen and oxygen atoms in total. The number of H-pyrrole nitrogens is 1. The summed E-state index contributed by atoms with van der Waals surface area (Å²) in [6.07, 6.45) is 1.85. The molecule has 0 fully saturated rings. The number of aryl methyl sites for hydroxylation is 1. The highest BCUT2D eigenvalue weighted by molar-refractivity contribution is 6.21. The second-order valence-electron chi connectivity index (χ2n) is 5.50. The fourth-order valence-electron chi connectivity index (χ4n) is 2.67. The third-order valence-electron chi connectivity index (χ3n) is 3.93. The largest absolute Gasteiger partial charge is 0.381 e. The monoisotopic (exact) mass is 336 g/mol. The van der Waals surface area contributed by atoms with Crippen molar-refractivity contribution in [3.63, 3.8) is 0 Å². The molecule has 25 heavy (non-hydrogen) atoms. The number of hydrogen-bond acceptors (Lipinski definition) is 5. The minimum absolute atomic E-state index is 0.0350.